The lowest BCUT2D eigenvalue weighted by atomic mass is 9.46. The van der Waals surface area contributed by atoms with E-state index in [1.54, 1.807) is 6.20 Å². The van der Waals surface area contributed by atoms with Crippen LogP contribution in [0.25, 0.3) is 11.4 Å². The Labute approximate surface area is 187 Å². The molecule has 0 amide bonds. The second-order valence-electron chi connectivity index (χ2n) is 9.74. The van der Waals surface area contributed by atoms with Crippen LogP contribution in [0.5, 0.6) is 0 Å². The van der Waals surface area contributed by atoms with Crippen molar-refractivity contribution >= 4 is 21.7 Å². The summed E-state index contributed by atoms with van der Waals surface area (Å²) in [4.78, 5) is 15.6. The predicted octanol–water partition coefficient (Wildman–Crippen LogP) is 5.14. The van der Waals surface area contributed by atoms with Gasteiger partial charge < -0.3 is 14.6 Å². The van der Waals surface area contributed by atoms with E-state index in [9.17, 15) is 10.1 Å². The van der Waals surface area contributed by atoms with Gasteiger partial charge in [-0.1, -0.05) is 35.5 Å². The number of rotatable bonds is 5. The van der Waals surface area contributed by atoms with Gasteiger partial charge in [0.1, 0.15) is 4.47 Å². The van der Waals surface area contributed by atoms with E-state index < -0.39 is 4.92 Å². The number of aromatic nitrogens is 4. The van der Waals surface area contributed by atoms with E-state index in [2.05, 4.69) is 26.2 Å². The Kier molecular flexibility index (Phi) is 4.15. The van der Waals surface area contributed by atoms with E-state index in [0.717, 1.165) is 44.1 Å². The summed E-state index contributed by atoms with van der Waals surface area (Å²) < 4.78 is 8.02. The maximum Gasteiger partial charge on any atom is 0.404 e. The van der Waals surface area contributed by atoms with Gasteiger partial charge in [-0.3, -0.25) is 0 Å². The van der Waals surface area contributed by atoms with Crippen molar-refractivity contribution in [3.63, 3.8) is 0 Å². The molecule has 7 rings (SSSR count). The minimum Gasteiger partial charge on any atom is -0.358 e. The lowest BCUT2D eigenvalue weighted by molar-refractivity contribution is -0.390. The van der Waals surface area contributed by atoms with Gasteiger partial charge in [0, 0.05) is 12.0 Å². The van der Waals surface area contributed by atoms with Crippen molar-refractivity contribution in [2.75, 3.05) is 0 Å². The molecule has 31 heavy (non-hydrogen) atoms. The first-order valence-electron chi connectivity index (χ1n) is 10.7. The molecule has 0 aliphatic heterocycles. The van der Waals surface area contributed by atoms with Gasteiger partial charge in [0.25, 0.3) is 0 Å². The Morgan fingerprint density at radius 2 is 1.94 bits per heavy atom. The van der Waals surface area contributed by atoms with Crippen molar-refractivity contribution in [3.8, 4) is 11.4 Å². The van der Waals surface area contributed by atoms with Gasteiger partial charge in [0.2, 0.25) is 11.7 Å². The lowest BCUT2D eigenvalue weighted by Crippen LogP contribution is -2.57. The van der Waals surface area contributed by atoms with Gasteiger partial charge in [-0.15, -0.1) is 0 Å². The molecule has 9 heteroatoms. The number of benzene rings is 1. The summed E-state index contributed by atoms with van der Waals surface area (Å²) >= 11 is 3.33. The normalized spacial score (nSPS) is 31.3. The molecule has 2 atom stereocenters. The van der Waals surface area contributed by atoms with Crippen molar-refractivity contribution in [1.29, 1.82) is 0 Å². The van der Waals surface area contributed by atoms with Crippen LogP contribution in [0.15, 0.2) is 45.5 Å². The van der Waals surface area contributed by atoms with Crippen molar-refractivity contribution in [3.05, 3.63) is 57.0 Å². The van der Waals surface area contributed by atoms with Crippen molar-refractivity contribution in [1.82, 2.24) is 19.9 Å². The van der Waals surface area contributed by atoms with Crippen LogP contribution in [0, 0.1) is 27.4 Å². The number of nitrogens with zero attached hydrogens (tertiary/aromatic N) is 5. The number of nitro groups is 1. The highest BCUT2D eigenvalue weighted by atomic mass is 79.9. The van der Waals surface area contributed by atoms with E-state index in [-0.39, 0.29) is 16.8 Å². The highest BCUT2D eigenvalue weighted by Crippen LogP contribution is 2.65. The van der Waals surface area contributed by atoms with Crippen LogP contribution in [0.2, 0.25) is 0 Å². The summed E-state index contributed by atoms with van der Waals surface area (Å²) in [5.74, 6) is 2.43. The molecule has 0 N–H and O–H groups in total. The maximum absolute atomic E-state index is 11.4. The molecule has 0 radical (unpaired) electrons. The van der Waals surface area contributed by atoms with Crippen LogP contribution in [-0.2, 0) is 12.0 Å². The van der Waals surface area contributed by atoms with Gasteiger partial charge in [0.05, 0.1) is 16.8 Å². The average molecular weight is 484 g/mol. The number of halogens is 1. The minimum absolute atomic E-state index is 0.0811. The van der Waals surface area contributed by atoms with E-state index in [1.165, 1.54) is 6.42 Å². The van der Waals surface area contributed by atoms with E-state index in [1.807, 2.05) is 35.0 Å². The maximum atomic E-state index is 11.4. The fourth-order valence-electron chi connectivity index (χ4n) is 6.94. The highest BCUT2D eigenvalue weighted by molar-refractivity contribution is 9.10. The predicted molar refractivity (Wildman–Crippen MR) is 115 cm³/mol. The van der Waals surface area contributed by atoms with Crippen molar-refractivity contribution < 1.29 is 9.45 Å². The summed E-state index contributed by atoms with van der Waals surface area (Å²) in [6, 6.07) is 9.87. The first kappa shape index (κ1) is 19.2. The second kappa shape index (κ2) is 6.72. The summed E-state index contributed by atoms with van der Waals surface area (Å²) in [5.41, 5.74) is 0.870. The molecular weight excluding hydrogens is 462 g/mol. The van der Waals surface area contributed by atoms with Crippen LogP contribution < -0.4 is 0 Å². The van der Waals surface area contributed by atoms with Crippen LogP contribution >= 0.6 is 15.9 Å². The van der Waals surface area contributed by atoms with E-state index in [4.69, 9.17) is 9.51 Å². The molecule has 2 heterocycles. The lowest BCUT2D eigenvalue weighted by Gasteiger charge is -2.61. The molecule has 4 fully saturated rings. The Morgan fingerprint density at radius 1 is 1.19 bits per heavy atom. The van der Waals surface area contributed by atoms with Crippen LogP contribution in [0.3, 0.4) is 0 Å². The smallest absolute Gasteiger partial charge is 0.358 e. The van der Waals surface area contributed by atoms with Gasteiger partial charge >= 0.3 is 5.82 Å². The third-order valence-electron chi connectivity index (χ3n) is 7.49. The molecule has 160 valence electrons. The first-order chi connectivity index (χ1) is 14.9. The van der Waals surface area contributed by atoms with Gasteiger partial charge in [-0.25, -0.2) is 0 Å². The molecule has 4 bridgehead atoms. The minimum atomic E-state index is -0.416. The highest BCUT2D eigenvalue weighted by Gasteiger charge is 2.60. The van der Waals surface area contributed by atoms with E-state index >= 15 is 0 Å². The fourth-order valence-corrected chi connectivity index (χ4v) is 7.36. The molecule has 4 saturated carbocycles. The molecule has 1 aromatic carbocycles. The van der Waals surface area contributed by atoms with Crippen molar-refractivity contribution in [2.24, 2.45) is 17.3 Å². The number of hydrogen-bond donors (Lipinski definition) is 0. The Morgan fingerprint density at radius 3 is 2.61 bits per heavy atom. The summed E-state index contributed by atoms with van der Waals surface area (Å²) in [6.07, 6.45) is 9.13. The topological polar surface area (TPSA) is 99.9 Å². The second-order valence-corrected chi connectivity index (χ2v) is 10.6. The molecule has 4 aliphatic carbocycles. The SMILES string of the molecule is O=[N+]([O-])c1nn(C23CC4CC(CC(Cc5nc(-c6ccccc6)no5)(C4)C2)C3)cc1Br. The van der Waals surface area contributed by atoms with Gasteiger partial charge in [-0.05, 0) is 76.6 Å². The molecule has 8 nitrogen and oxygen atoms in total. The summed E-state index contributed by atoms with van der Waals surface area (Å²) in [6.45, 7) is 0. The molecule has 0 spiro atoms. The monoisotopic (exact) mass is 483 g/mol. The average Bonchev–Trinajstić information content (AvgIpc) is 3.34. The first-order valence-corrected chi connectivity index (χ1v) is 11.5. The van der Waals surface area contributed by atoms with E-state index in [0.29, 0.717) is 28.0 Å². The largest absolute Gasteiger partial charge is 0.404 e. The molecule has 3 aromatic rings. The molecular formula is C22H22BrN5O3. The quantitative estimate of drug-likeness (QED) is 0.367. The van der Waals surface area contributed by atoms with Crippen LogP contribution in [0.1, 0.15) is 44.4 Å². The zero-order valence-corrected chi connectivity index (χ0v) is 18.5. The molecule has 2 aromatic heterocycles. The summed E-state index contributed by atoms with van der Waals surface area (Å²) in [7, 11) is 0. The Bertz CT molecular complexity index is 1140. The zero-order chi connectivity index (χ0) is 21.2. The fraction of sp³-hybridized carbons (Fsp3) is 0.500. The molecule has 0 saturated heterocycles. The third-order valence-corrected chi connectivity index (χ3v) is 8.05. The van der Waals surface area contributed by atoms with Gasteiger partial charge in [-0.2, -0.15) is 9.67 Å². The number of hydrogen-bond acceptors (Lipinski definition) is 6. The van der Waals surface area contributed by atoms with Crippen LogP contribution in [-0.4, -0.2) is 24.8 Å². The Balaban J connectivity index is 1.32. The zero-order valence-electron chi connectivity index (χ0n) is 16.9. The van der Waals surface area contributed by atoms with Crippen LogP contribution in [0.4, 0.5) is 5.82 Å². The van der Waals surface area contributed by atoms with Gasteiger partial charge in [0.15, 0.2) is 0 Å². The standard InChI is InChI=1S/C22H22BrN5O3/c23-17-12-27(25-20(17)28(29)30)22-9-14-6-15(10-22)8-21(7-14,13-22)11-18-24-19(26-31-18)16-4-2-1-3-5-16/h1-5,12,14-15H,6-11,13H2. The third kappa shape index (κ3) is 3.12. The Hall–Kier alpha value is -2.55. The molecule has 4 aliphatic rings. The summed E-state index contributed by atoms with van der Waals surface area (Å²) in [5, 5.41) is 20.0. The molecule has 2 unspecified atom stereocenters. The van der Waals surface area contributed by atoms with Crippen molar-refractivity contribution in [2.45, 2.75) is 50.5 Å².